The molecule has 0 atom stereocenters. The minimum Gasteiger partial charge on any atom is -0.352 e. The predicted molar refractivity (Wildman–Crippen MR) is 104 cm³/mol. The minimum absolute atomic E-state index is 0.0603. The van der Waals surface area contributed by atoms with Gasteiger partial charge in [0.1, 0.15) is 5.52 Å². The second-order valence-electron chi connectivity index (χ2n) is 5.63. The molecule has 5 nitrogen and oxygen atoms in total. The Bertz CT molecular complexity index is 1090. The van der Waals surface area contributed by atoms with E-state index >= 15 is 0 Å². The quantitative estimate of drug-likeness (QED) is 0.380. The van der Waals surface area contributed by atoms with Crippen LogP contribution in [0.5, 0.6) is 0 Å². The molecule has 4 aromatic rings. The van der Waals surface area contributed by atoms with Crippen LogP contribution in [0.2, 0.25) is 0 Å². The fourth-order valence-corrected chi connectivity index (χ4v) is 4.18. The van der Waals surface area contributed by atoms with Crippen molar-refractivity contribution in [2.24, 2.45) is 0 Å². The third-order valence-electron chi connectivity index (χ3n) is 4.05. The van der Waals surface area contributed by atoms with Crippen LogP contribution in [0.3, 0.4) is 0 Å². The highest BCUT2D eigenvalue weighted by Gasteiger charge is 2.14. The number of aromatic amines is 1. The molecule has 0 spiro atoms. The lowest BCUT2D eigenvalue weighted by Gasteiger charge is -2.04. The smallest absolute Gasteiger partial charge is 0.189 e. The first-order chi connectivity index (χ1) is 12.2. The number of ketones is 1. The standard InChI is InChI=1S/C18H15BrN4OS/c1-2-23-16-5-6-20-9-15(16)22-18(23)25-10-17(24)14-8-11-7-12(19)3-4-13(11)21-14/h3-9,21H,2,10H2,1H3. The van der Waals surface area contributed by atoms with Gasteiger partial charge in [0.05, 0.1) is 23.2 Å². The zero-order chi connectivity index (χ0) is 17.4. The topological polar surface area (TPSA) is 63.6 Å². The number of rotatable bonds is 5. The third-order valence-corrected chi connectivity index (χ3v) is 5.52. The van der Waals surface area contributed by atoms with Crippen molar-refractivity contribution in [3.8, 4) is 0 Å². The highest BCUT2D eigenvalue weighted by atomic mass is 79.9. The van der Waals surface area contributed by atoms with Crippen molar-refractivity contribution < 1.29 is 4.79 Å². The van der Waals surface area contributed by atoms with E-state index in [2.05, 4.69) is 42.4 Å². The van der Waals surface area contributed by atoms with Gasteiger partial charge in [0.2, 0.25) is 0 Å². The number of carbonyl (C=O) groups is 1. The number of benzene rings is 1. The minimum atomic E-state index is 0.0603. The molecule has 0 saturated heterocycles. The van der Waals surface area contributed by atoms with Crippen LogP contribution in [0.4, 0.5) is 0 Å². The van der Waals surface area contributed by atoms with E-state index < -0.39 is 0 Å². The molecule has 0 aliphatic rings. The number of fused-ring (bicyclic) bond motifs is 2. The summed E-state index contributed by atoms with van der Waals surface area (Å²) in [7, 11) is 0. The zero-order valence-electron chi connectivity index (χ0n) is 13.5. The summed E-state index contributed by atoms with van der Waals surface area (Å²) in [5.41, 5.74) is 3.49. The number of H-pyrrole nitrogens is 1. The number of aromatic nitrogens is 4. The molecule has 126 valence electrons. The number of hydrogen-bond donors (Lipinski definition) is 1. The van der Waals surface area contributed by atoms with Gasteiger partial charge in [-0.3, -0.25) is 9.78 Å². The van der Waals surface area contributed by atoms with Crippen molar-refractivity contribution in [1.29, 1.82) is 0 Å². The molecule has 0 unspecified atom stereocenters. The average molecular weight is 415 g/mol. The van der Waals surface area contributed by atoms with Crippen molar-refractivity contribution >= 4 is 55.4 Å². The number of hydrogen-bond acceptors (Lipinski definition) is 4. The molecule has 0 saturated carbocycles. The van der Waals surface area contributed by atoms with Gasteiger partial charge < -0.3 is 9.55 Å². The van der Waals surface area contributed by atoms with Crippen molar-refractivity contribution in [3.05, 3.63) is 52.9 Å². The van der Waals surface area contributed by atoms with E-state index in [1.165, 1.54) is 11.8 Å². The van der Waals surface area contributed by atoms with Gasteiger partial charge in [-0.15, -0.1) is 0 Å². The van der Waals surface area contributed by atoms with Gasteiger partial charge in [0.25, 0.3) is 0 Å². The Morgan fingerprint density at radius 1 is 1.32 bits per heavy atom. The van der Waals surface area contributed by atoms with E-state index in [0.29, 0.717) is 11.4 Å². The number of Topliss-reactive ketones (excluding diaryl/α,β-unsaturated/α-hetero) is 1. The summed E-state index contributed by atoms with van der Waals surface area (Å²) in [5.74, 6) is 0.398. The number of pyridine rings is 1. The molecule has 1 aromatic carbocycles. The second kappa shape index (κ2) is 6.65. The first-order valence-corrected chi connectivity index (χ1v) is 9.68. The van der Waals surface area contributed by atoms with Crippen LogP contribution in [-0.2, 0) is 6.54 Å². The highest BCUT2D eigenvalue weighted by molar-refractivity contribution is 9.10. The predicted octanol–water partition coefficient (Wildman–Crippen LogP) is 4.67. The van der Waals surface area contributed by atoms with E-state index in [4.69, 9.17) is 0 Å². The molecule has 1 N–H and O–H groups in total. The first kappa shape index (κ1) is 16.4. The Balaban J connectivity index is 1.57. The molecule has 25 heavy (non-hydrogen) atoms. The summed E-state index contributed by atoms with van der Waals surface area (Å²) < 4.78 is 3.11. The Kier molecular flexibility index (Phi) is 4.35. The molecule has 0 aliphatic heterocycles. The van der Waals surface area contributed by atoms with E-state index in [0.717, 1.165) is 38.1 Å². The lowest BCUT2D eigenvalue weighted by Crippen LogP contribution is -2.04. The summed E-state index contributed by atoms with van der Waals surface area (Å²) in [6, 6.07) is 9.77. The van der Waals surface area contributed by atoms with Gasteiger partial charge in [-0.25, -0.2) is 4.98 Å². The van der Waals surface area contributed by atoms with E-state index in [1.54, 1.807) is 12.4 Å². The number of thioether (sulfide) groups is 1. The molecule has 0 radical (unpaired) electrons. The van der Waals surface area contributed by atoms with Crippen LogP contribution in [-0.4, -0.2) is 31.1 Å². The molecule has 0 aliphatic carbocycles. The Hall–Kier alpha value is -2.12. The number of nitrogens with zero attached hydrogens (tertiary/aromatic N) is 3. The van der Waals surface area contributed by atoms with Crippen LogP contribution in [0.1, 0.15) is 17.4 Å². The number of aryl methyl sites for hydroxylation is 1. The van der Waals surface area contributed by atoms with Gasteiger partial charge in [-0.2, -0.15) is 0 Å². The maximum Gasteiger partial charge on any atom is 0.189 e. The molecule has 0 fully saturated rings. The van der Waals surface area contributed by atoms with E-state index in [-0.39, 0.29) is 5.78 Å². The lowest BCUT2D eigenvalue weighted by molar-refractivity contribution is 0.101. The SMILES string of the molecule is CCn1c(SCC(=O)c2cc3cc(Br)ccc3[nH]2)nc2cnccc21. The normalized spacial score (nSPS) is 11.4. The van der Waals surface area contributed by atoms with Crippen molar-refractivity contribution in [1.82, 2.24) is 19.5 Å². The van der Waals surface area contributed by atoms with Gasteiger partial charge >= 0.3 is 0 Å². The van der Waals surface area contributed by atoms with Crippen molar-refractivity contribution in [3.63, 3.8) is 0 Å². The van der Waals surface area contributed by atoms with Gasteiger partial charge in [0, 0.05) is 28.1 Å². The van der Waals surface area contributed by atoms with Gasteiger partial charge in [-0.1, -0.05) is 27.7 Å². The number of imidazole rings is 1. The summed E-state index contributed by atoms with van der Waals surface area (Å²) in [4.78, 5) is 24.5. The molecule has 7 heteroatoms. The summed E-state index contributed by atoms with van der Waals surface area (Å²) in [6.07, 6.45) is 3.52. The summed E-state index contributed by atoms with van der Waals surface area (Å²) in [5, 5.41) is 1.87. The van der Waals surface area contributed by atoms with Crippen LogP contribution in [0.15, 0.2) is 52.4 Å². The Labute approximate surface area is 157 Å². The maximum absolute atomic E-state index is 12.6. The molecule has 4 rings (SSSR count). The summed E-state index contributed by atoms with van der Waals surface area (Å²) in [6.45, 7) is 2.88. The van der Waals surface area contributed by atoms with E-state index in [1.807, 2.05) is 30.3 Å². The van der Waals surface area contributed by atoms with Crippen molar-refractivity contribution in [2.45, 2.75) is 18.6 Å². The number of carbonyl (C=O) groups excluding carboxylic acids is 1. The zero-order valence-corrected chi connectivity index (χ0v) is 15.9. The molecule has 0 amide bonds. The molecule has 3 heterocycles. The fraction of sp³-hybridized carbons (Fsp3) is 0.167. The lowest BCUT2D eigenvalue weighted by atomic mass is 10.2. The van der Waals surface area contributed by atoms with Crippen LogP contribution in [0.25, 0.3) is 21.9 Å². The largest absolute Gasteiger partial charge is 0.352 e. The third kappa shape index (κ3) is 3.09. The summed E-state index contributed by atoms with van der Waals surface area (Å²) >= 11 is 4.91. The number of halogens is 1. The molecular formula is C18H15BrN4OS. The average Bonchev–Trinajstić information content (AvgIpc) is 3.19. The number of nitrogens with one attached hydrogen (secondary N) is 1. The molecule has 3 aromatic heterocycles. The van der Waals surface area contributed by atoms with Crippen LogP contribution in [0, 0.1) is 0 Å². The van der Waals surface area contributed by atoms with Crippen molar-refractivity contribution in [2.75, 3.05) is 5.75 Å². The fourth-order valence-electron chi connectivity index (χ4n) is 2.84. The van der Waals surface area contributed by atoms with Crippen LogP contribution < -0.4 is 0 Å². The van der Waals surface area contributed by atoms with Crippen LogP contribution >= 0.6 is 27.7 Å². The highest BCUT2D eigenvalue weighted by Crippen LogP contribution is 2.25. The first-order valence-electron chi connectivity index (χ1n) is 7.90. The molecular weight excluding hydrogens is 400 g/mol. The Morgan fingerprint density at radius 2 is 2.20 bits per heavy atom. The second-order valence-corrected chi connectivity index (χ2v) is 7.49. The Morgan fingerprint density at radius 3 is 3.04 bits per heavy atom. The van der Waals surface area contributed by atoms with E-state index in [9.17, 15) is 4.79 Å². The molecule has 0 bridgehead atoms. The van der Waals surface area contributed by atoms with Gasteiger partial charge in [-0.05, 0) is 37.3 Å². The van der Waals surface area contributed by atoms with Gasteiger partial charge in [0.15, 0.2) is 10.9 Å². The monoisotopic (exact) mass is 414 g/mol. The maximum atomic E-state index is 12.6.